The van der Waals surface area contributed by atoms with Crippen LogP contribution in [0.3, 0.4) is 0 Å². The summed E-state index contributed by atoms with van der Waals surface area (Å²) in [5.41, 5.74) is 1.04. The summed E-state index contributed by atoms with van der Waals surface area (Å²) in [5.74, 6) is 0.645. The molecule has 0 fully saturated rings. The Morgan fingerprint density at radius 2 is 1.96 bits per heavy atom. The van der Waals surface area contributed by atoms with E-state index in [0.717, 1.165) is 5.56 Å². The molecule has 2 heterocycles. The van der Waals surface area contributed by atoms with E-state index in [1.54, 1.807) is 17.7 Å². The quantitative estimate of drug-likeness (QED) is 0.497. The van der Waals surface area contributed by atoms with Gasteiger partial charge in [0.2, 0.25) is 5.78 Å². The van der Waals surface area contributed by atoms with Gasteiger partial charge in [0.15, 0.2) is 0 Å². The highest BCUT2D eigenvalue weighted by atomic mass is 16.6. The Hall–Kier alpha value is -3.00. The molecule has 3 rings (SSSR count). The molecule has 0 aliphatic heterocycles. The van der Waals surface area contributed by atoms with Crippen LogP contribution in [0.2, 0.25) is 0 Å². The van der Waals surface area contributed by atoms with Crippen LogP contribution < -0.4 is 5.56 Å². The van der Waals surface area contributed by atoms with Crippen LogP contribution >= 0.6 is 0 Å². The molecule has 0 saturated carbocycles. The van der Waals surface area contributed by atoms with Crippen LogP contribution in [0, 0.1) is 6.92 Å². The van der Waals surface area contributed by atoms with Gasteiger partial charge in [-0.3, -0.25) is 14.2 Å². The second-order valence-electron chi connectivity index (χ2n) is 5.41. The van der Waals surface area contributed by atoms with Crippen LogP contribution in [-0.2, 0) is 21.0 Å². The Kier molecular flexibility index (Phi) is 4.90. The highest BCUT2D eigenvalue weighted by Gasteiger charge is 2.14. The van der Waals surface area contributed by atoms with E-state index in [-0.39, 0.29) is 31.5 Å². The van der Waals surface area contributed by atoms with Crippen molar-refractivity contribution < 1.29 is 14.3 Å². The molecule has 0 atom stereocenters. The van der Waals surface area contributed by atoms with E-state index < -0.39 is 0 Å². The molecule has 8 heteroatoms. The van der Waals surface area contributed by atoms with E-state index in [0.29, 0.717) is 17.2 Å². The Morgan fingerprint density at radius 3 is 2.68 bits per heavy atom. The van der Waals surface area contributed by atoms with Crippen LogP contribution in [0.4, 0.5) is 0 Å². The maximum Gasteiger partial charge on any atom is 0.302 e. The molecular weight excluding hydrogens is 324 g/mol. The number of nitrogens with zero attached hydrogens (tertiary/aromatic N) is 4. The molecule has 0 unspecified atom stereocenters. The third-order valence-corrected chi connectivity index (χ3v) is 3.64. The van der Waals surface area contributed by atoms with E-state index >= 15 is 0 Å². The molecular formula is C17H18N4O4. The van der Waals surface area contributed by atoms with Crippen molar-refractivity contribution >= 4 is 11.7 Å². The summed E-state index contributed by atoms with van der Waals surface area (Å²) in [6.07, 6.45) is 1.55. The Balaban J connectivity index is 1.84. The molecule has 3 aromatic rings. The minimum atomic E-state index is -0.352. The van der Waals surface area contributed by atoms with Gasteiger partial charge in [-0.2, -0.15) is 4.52 Å². The van der Waals surface area contributed by atoms with E-state index in [2.05, 4.69) is 10.1 Å². The van der Waals surface area contributed by atoms with E-state index in [9.17, 15) is 9.59 Å². The molecule has 0 N–H and O–H groups in total. The average Bonchev–Trinajstić information content (AvgIpc) is 2.92. The molecule has 0 bridgehead atoms. The SMILES string of the molecule is CC(=O)OCCOCn1c(C)nn2c(=O)c(-c3ccccc3)cnc12. The van der Waals surface area contributed by atoms with Crippen molar-refractivity contribution in [3.63, 3.8) is 0 Å². The fourth-order valence-electron chi connectivity index (χ4n) is 2.42. The summed E-state index contributed by atoms with van der Waals surface area (Å²) in [4.78, 5) is 27.8. The van der Waals surface area contributed by atoms with Gasteiger partial charge in [0.1, 0.15) is 19.2 Å². The fraction of sp³-hybridized carbons (Fsp3) is 0.294. The number of ether oxygens (including phenoxy) is 2. The third kappa shape index (κ3) is 3.58. The number of fused-ring (bicyclic) bond motifs is 1. The van der Waals surface area contributed by atoms with Crippen LogP contribution in [0.5, 0.6) is 0 Å². The van der Waals surface area contributed by atoms with Crippen molar-refractivity contribution in [1.82, 2.24) is 19.2 Å². The summed E-state index contributed by atoms with van der Waals surface area (Å²) in [6.45, 7) is 3.69. The molecule has 1 aromatic carbocycles. The summed E-state index contributed by atoms with van der Waals surface area (Å²) in [6, 6.07) is 9.33. The Bertz CT molecular complexity index is 946. The van der Waals surface area contributed by atoms with Gasteiger partial charge < -0.3 is 9.47 Å². The Morgan fingerprint density at radius 1 is 1.20 bits per heavy atom. The smallest absolute Gasteiger partial charge is 0.302 e. The highest BCUT2D eigenvalue weighted by Crippen LogP contribution is 2.14. The number of aromatic nitrogens is 4. The van der Waals surface area contributed by atoms with Gasteiger partial charge >= 0.3 is 5.97 Å². The van der Waals surface area contributed by atoms with Crippen LogP contribution in [0.25, 0.3) is 16.9 Å². The summed E-state index contributed by atoms with van der Waals surface area (Å²) in [5, 5.41) is 4.27. The average molecular weight is 342 g/mol. The van der Waals surface area contributed by atoms with Gasteiger partial charge in [-0.1, -0.05) is 30.3 Å². The molecule has 2 aromatic heterocycles. The van der Waals surface area contributed by atoms with Crippen LogP contribution in [0.1, 0.15) is 12.7 Å². The topological polar surface area (TPSA) is 87.7 Å². The summed E-state index contributed by atoms with van der Waals surface area (Å²) >= 11 is 0. The minimum absolute atomic E-state index is 0.160. The predicted octanol–water partition coefficient (Wildman–Crippen LogP) is 1.40. The number of carbonyl (C=O) groups excluding carboxylic acids is 1. The largest absolute Gasteiger partial charge is 0.463 e. The van der Waals surface area contributed by atoms with E-state index in [1.165, 1.54) is 11.4 Å². The lowest BCUT2D eigenvalue weighted by molar-refractivity contribution is -0.142. The number of hydrogen-bond donors (Lipinski definition) is 0. The normalized spacial score (nSPS) is 11.0. The zero-order valence-electron chi connectivity index (χ0n) is 14.0. The fourth-order valence-corrected chi connectivity index (χ4v) is 2.42. The van der Waals surface area contributed by atoms with Crippen molar-refractivity contribution in [2.45, 2.75) is 20.6 Å². The predicted molar refractivity (Wildman–Crippen MR) is 90.0 cm³/mol. The molecule has 130 valence electrons. The first kappa shape index (κ1) is 16.8. The maximum atomic E-state index is 12.7. The first-order valence-corrected chi connectivity index (χ1v) is 7.79. The van der Waals surface area contributed by atoms with Crippen molar-refractivity contribution in [1.29, 1.82) is 0 Å². The summed E-state index contributed by atoms with van der Waals surface area (Å²) in [7, 11) is 0. The van der Waals surface area contributed by atoms with Gasteiger partial charge in [-0.05, 0) is 12.5 Å². The second kappa shape index (κ2) is 7.27. The van der Waals surface area contributed by atoms with Gasteiger partial charge in [0.05, 0.1) is 12.2 Å². The van der Waals surface area contributed by atoms with Crippen molar-refractivity contribution in [3.05, 3.63) is 52.7 Å². The van der Waals surface area contributed by atoms with Gasteiger partial charge in [-0.15, -0.1) is 5.10 Å². The van der Waals surface area contributed by atoms with Crippen molar-refractivity contribution in [3.8, 4) is 11.1 Å². The lowest BCUT2D eigenvalue weighted by atomic mass is 10.1. The lowest BCUT2D eigenvalue weighted by Gasteiger charge is -2.07. The molecule has 0 saturated heterocycles. The van der Waals surface area contributed by atoms with E-state index in [4.69, 9.17) is 9.47 Å². The molecule has 0 aliphatic carbocycles. The lowest BCUT2D eigenvalue weighted by Crippen LogP contribution is -2.18. The molecule has 0 spiro atoms. The number of carbonyl (C=O) groups is 1. The molecule has 25 heavy (non-hydrogen) atoms. The zero-order valence-corrected chi connectivity index (χ0v) is 14.0. The number of esters is 1. The summed E-state index contributed by atoms with van der Waals surface area (Å²) < 4.78 is 13.2. The standard InChI is InChI=1S/C17H18N4O4/c1-12-19-21-16(23)15(14-6-4-3-5-7-14)10-18-17(21)20(12)11-24-8-9-25-13(2)22/h3-7,10H,8-9,11H2,1-2H3. The number of aryl methyl sites for hydroxylation is 1. The van der Waals surface area contributed by atoms with Gasteiger partial charge in [0, 0.05) is 13.1 Å². The molecule has 0 radical (unpaired) electrons. The van der Waals surface area contributed by atoms with Crippen LogP contribution in [0.15, 0.2) is 41.3 Å². The van der Waals surface area contributed by atoms with Gasteiger partial charge in [0.25, 0.3) is 5.56 Å². The number of hydrogen-bond acceptors (Lipinski definition) is 6. The first-order valence-electron chi connectivity index (χ1n) is 7.79. The molecule has 0 amide bonds. The maximum absolute atomic E-state index is 12.7. The minimum Gasteiger partial charge on any atom is -0.463 e. The molecule has 8 nitrogen and oxygen atoms in total. The number of benzene rings is 1. The second-order valence-corrected chi connectivity index (χ2v) is 5.41. The zero-order chi connectivity index (χ0) is 17.8. The van der Waals surface area contributed by atoms with Crippen LogP contribution in [-0.4, -0.2) is 38.3 Å². The molecule has 0 aliphatic rings. The monoisotopic (exact) mass is 342 g/mol. The van der Waals surface area contributed by atoms with Crippen molar-refractivity contribution in [2.75, 3.05) is 13.2 Å². The highest BCUT2D eigenvalue weighted by molar-refractivity contribution is 5.65. The van der Waals surface area contributed by atoms with Crippen molar-refractivity contribution in [2.24, 2.45) is 0 Å². The first-order chi connectivity index (χ1) is 12.1. The van der Waals surface area contributed by atoms with E-state index in [1.807, 2.05) is 30.3 Å². The Labute approximate surface area is 143 Å². The van der Waals surface area contributed by atoms with Gasteiger partial charge in [-0.25, -0.2) is 4.98 Å². The number of rotatable bonds is 6. The third-order valence-electron chi connectivity index (χ3n) is 3.64.